The van der Waals surface area contributed by atoms with Crippen molar-refractivity contribution in [2.24, 2.45) is 0 Å². The average Bonchev–Trinajstić information content (AvgIpc) is 3.32. The van der Waals surface area contributed by atoms with Gasteiger partial charge in [0.25, 0.3) is 0 Å². The van der Waals surface area contributed by atoms with Gasteiger partial charge in [0, 0.05) is 13.1 Å². The predicted octanol–water partition coefficient (Wildman–Crippen LogP) is 5.18. The number of benzene rings is 3. The number of carbonyl (C=O) groups excluding carboxylic acids is 1. The van der Waals surface area contributed by atoms with Crippen LogP contribution < -0.4 is 20.1 Å². The van der Waals surface area contributed by atoms with Crippen LogP contribution in [0.5, 0.6) is 11.5 Å². The Morgan fingerprint density at radius 2 is 1.65 bits per heavy atom. The SMILES string of the molecule is CNC(=O)[C@@H](N[C@H](CCc1ccc(C(F)(F)F)cc1)c1ccc2c(c1)OCO2)c1ccccc1. The highest BCUT2D eigenvalue weighted by Gasteiger charge is 2.30. The van der Waals surface area contributed by atoms with Gasteiger partial charge < -0.3 is 14.8 Å². The van der Waals surface area contributed by atoms with Crippen LogP contribution in [0.2, 0.25) is 0 Å². The molecule has 1 heterocycles. The summed E-state index contributed by atoms with van der Waals surface area (Å²) in [4.78, 5) is 12.7. The van der Waals surface area contributed by atoms with Crippen molar-refractivity contribution in [1.29, 1.82) is 0 Å². The Morgan fingerprint density at radius 1 is 0.941 bits per heavy atom. The summed E-state index contributed by atoms with van der Waals surface area (Å²) < 4.78 is 49.7. The average molecular weight is 470 g/mol. The summed E-state index contributed by atoms with van der Waals surface area (Å²) in [6.07, 6.45) is -3.31. The van der Waals surface area contributed by atoms with E-state index >= 15 is 0 Å². The van der Waals surface area contributed by atoms with Gasteiger partial charge >= 0.3 is 6.18 Å². The van der Waals surface area contributed by atoms with Crippen LogP contribution in [0, 0.1) is 0 Å². The first-order valence-corrected chi connectivity index (χ1v) is 10.9. The van der Waals surface area contributed by atoms with Crippen molar-refractivity contribution >= 4 is 5.91 Å². The summed E-state index contributed by atoms with van der Waals surface area (Å²) in [6.45, 7) is 0.146. The molecule has 2 atom stereocenters. The molecule has 3 aromatic rings. The number of aryl methyl sites for hydroxylation is 1. The highest BCUT2D eigenvalue weighted by Crippen LogP contribution is 2.36. The first kappa shape index (κ1) is 23.6. The Kier molecular flexibility index (Phi) is 7.07. The molecule has 1 aliphatic rings. The van der Waals surface area contributed by atoms with Gasteiger partial charge in [0.1, 0.15) is 6.04 Å². The van der Waals surface area contributed by atoms with E-state index in [4.69, 9.17) is 9.47 Å². The number of fused-ring (bicyclic) bond motifs is 1. The van der Waals surface area contributed by atoms with Crippen molar-refractivity contribution in [3.05, 3.63) is 95.1 Å². The van der Waals surface area contributed by atoms with Crippen LogP contribution in [0.25, 0.3) is 0 Å². The lowest BCUT2D eigenvalue weighted by Crippen LogP contribution is -2.38. The van der Waals surface area contributed by atoms with Gasteiger partial charge in [-0.2, -0.15) is 13.2 Å². The van der Waals surface area contributed by atoms with Crippen molar-refractivity contribution in [2.75, 3.05) is 13.8 Å². The molecule has 0 bridgehead atoms. The second-order valence-corrected chi connectivity index (χ2v) is 8.02. The van der Waals surface area contributed by atoms with Crippen LogP contribution >= 0.6 is 0 Å². The highest BCUT2D eigenvalue weighted by atomic mass is 19.4. The summed E-state index contributed by atoms with van der Waals surface area (Å²) in [6, 6.07) is 19.2. The largest absolute Gasteiger partial charge is 0.454 e. The van der Waals surface area contributed by atoms with Gasteiger partial charge in [-0.05, 0) is 53.8 Å². The number of halogens is 3. The molecular formula is C26H25F3N2O3. The van der Waals surface area contributed by atoms with E-state index in [0.717, 1.165) is 28.8 Å². The number of rotatable bonds is 8. The van der Waals surface area contributed by atoms with Crippen molar-refractivity contribution in [3.63, 3.8) is 0 Å². The van der Waals surface area contributed by atoms with Gasteiger partial charge in [-0.3, -0.25) is 10.1 Å². The second-order valence-electron chi connectivity index (χ2n) is 8.02. The molecule has 0 aliphatic carbocycles. The molecular weight excluding hydrogens is 445 g/mol. The Labute approximate surface area is 195 Å². The van der Waals surface area contributed by atoms with Crippen molar-refractivity contribution in [2.45, 2.75) is 31.1 Å². The fraction of sp³-hybridized carbons (Fsp3) is 0.269. The van der Waals surface area contributed by atoms with E-state index in [1.807, 2.05) is 48.5 Å². The van der Waals surface area contributed by atoms with Gasteiger partial charge in [-0.15, -0.1) is 0 Å². The van der Waals surface area contributed by atoms with Gasteiger partial charge in [0.15, 0.2) is 11.5 Å². The third-order valence-electron chi connectivity index (χ3n) is 5.81. The number of carbonyl (C=O) groups is 1. The third kappa shape index (κ3) is 5.51. The van der Waals surface area contributed by atoms with Crippen LogP contribution in [0.1, 0.15) is 40.8 Å². The van der Waals surface area contributed by atoms with Crippen molar-refractivity contribution in [3.8, 4) is 11.5 Å². The maximum atomic E-state index is 12.9. The lowest BCUT2D eigenvalue weighted by Gasteiger charge is -2.26. The Balaban J connectivity index is 1.59. The van der Waals surface area contributed by atoms with Gasteiger partial charge in [0.2, 0.25) is 12.7 Å². The molecule has 1 amide bonds. The second kappa shape index (κ2) is 10.2. The van der Waals surface area contributed by atoms with Crippen LogP contribution in [0.3, 0.4) is 0 Å². The zero-order valence-corrected chi connectivity index (χ0v) is 18.6. The summed E-state index contributed by atoms with van der Waals surface area (Å²) in [7, 11) is 1.58. The lowest BCUT2D eigenvalue weighted by molar-refractivity contribution is -0.137. The summed E-state index contributed by atoms with van der Waals surface area (Å²) >= 11 is 0. The maximum Gasteiger partial charge on any atom is 0.416 e. The normalized spacial score (nSPS) is 14.5. The van der Waals surface area contributed by atoms with E-state index in [9.17, 15) is 18.0 Å². The molecule has 0 saturated heterocycles. The number of nitrogens with one attached hydrogen (secondary N) is 2. The quantitative estimate of drug-likeness (QED) is 0.476. The summed E-state index contributed by atoms with van der Waals surface area (Å²) in [5.74, 6) is 1.08. The van der Waals surface area contributed by atoms with E-state index < -0.39 is 17.8 Å². The molecule has 0 fully saturated rings. The monoisotopic (exact) mass is 470 g/mol. The van der Waals surface area contributed by atoms with E-state index in [2.05, 4.69) is 10.6 Å². The summed E-state index contributed by atoms with van der Waals surface area (Å²) in [5.41, 5.74) is 1.80. The molecule has 0 spiro atoms. The number of ether oxygens (including phenoxy) is 2. The third-order valence-corrected chi connectivity index (χ3v) is 5.81. The number of hydrogen-bond acceptors (Lipinski definition) is 4. The minimum atomic E-state index is -4.37. The highest BCUT2D eigenvalue weighted by molar-refractivity contribution is 5.83. The predicted molar refractivity (Wildman–Crippen MR) is 121 cm³/mol. The molecule has 8 heteroatoms. The van der Waals surface area contributed by atoms with E-state index in [1.165, 1.54) is 12.1 Å². The number of amides is 1. The Hall–Kier alpha value is -3.52. The van der Waals surface area contributed by atoms with E-state index in [0.29, 0.717) is 24.3 Å². The molecule has 5 nitrogen and oxygen atoms in total. The molecule has 4 rings (SSSR count). The molecule has 0 saturated carbocycles. The minimum absolute atomic E-state index is 0.146. The standard InChI is InChI=1S/C26H25F3N2O3/c1-30-25(32)24(18-5-3-2-4-6-18)31-21(19-10-14-22-23(15-19)34-16-33-22)13-9-17-7-11-20(12-8-17)26(27,28)29/h2-8,10-12,14-15,21,24,31H,9,13,16H2,1H3,(H,30,32)/t21-,24+/m1/s1. The maximum absolute atomic E-state index is 12.9. The fourth-order valence-electron chi connectivity index (χ4n) is 3.96. The van der Waals surface area contributed by atoms with Crippen molar-refractivity contribution < 1.29 is 27.4 Å². The molecule has 0 aromatic heterocycles. The van der Waals surface area contributed by atoms with Crippen LogP contribution in [-0.4, -0.2) is 19.7 Å². The Morgan fingerprint density at radius 3 is 2.32 bits per heavy atom. The first-order chi connectivity index (χ1) is 16.3. The zero-order chi connectivity index (χ0) is 24.1. The molecule has 0 unspecified atom stereocenters. The van der Waals surface area contributed by atoms with Crippen molar-refractivity contribution in [1.82, 2.24) is 10.6 Å². The molecule has 178 valence electrons. The van der Waals surface area contributed by atoms with Gasteiger partial charge in [-0.25, -0.2) is 0 Å². The summed E-state index contributed by atoms with van der Waals surface area (Å²) in [5, 5.41) is 6.15. The molecule has 1 aliphatic heterocycles. The number of alkyl halides is 3. The minimum Gasteiger partial charge on any atom is -0.454 e. The smallest absolute Gasteiger partial charge is 0.416 e. The van der Waals surface area contributed by atoms with Crippen LogP contribution in [0.15, 0.2) is 72.8 Å². The first-order valence-electron chi connectivity index (χ1n) is 10.9. The molecule has 34 heavy (non-hydrogen) atoms. The lowest BCUT2D eigenvalue weighted by atomic mass is 9.95. The molecule has 3 aromatic carbocycles. The van der Waals surface area contributed by atoms with E-state index in [-0.39, 0.29) is 18.7 Å². The number of hydrogen-bond donors (Lipinski definition) is 2. The molecule has 2 N–H and O–H groups in total. The fourth-order valence-corrected chi connectivity index (χ4v) is 3.96. The Bertz CT molecular complexity index is 1120. The van der Waals surface area contributed by atoms with Crippen LogP contribution in [-0.2, 0) is 17.4 Å². The van der Waals surface area contributed by atoms with Crippen LogP contribution in [0.4, 0.5) is 13.2 Å². The van der Waals surface area contributed by atoms with Gasteiger partial charge in [0.05, 0.1) is 5.56 Å². The number of likely N-dealkylation sites (N-methyl/N-ethyl adjacent to an activating group) is 1. The van der Waals surface area contributed by atoms with Gasteiger partial charge in [-0.1, -0.05) is 48.5 Å². The topological polar surface area (TPSA) is 59.6 Å². The zero-order valence-electron chi connectivity index (χ0n) is 18.6. The molecule has 0 radical (unpaired) electrons. The van der Waals surface area contributed by atoms with E-state index in [1.54, 1.807) is 7.05 Å².